The maximum absolute atomic E-state index is 2.46. The molecule has 1 heterocycles. The highest BCUT2D eigenvalue weighted by molar-refractivity contribution is 5.83. The van der Waals surface area contributed by atoms with Crippen LogP contribution in [0, 0.1) is 6.92 Å². The van der Waals surface area contributed by atoms with Crippen LogP contribution in [0.3, 0.4) is 0 Å². The minimum absolute atomic E-state index is 1.12. The molecule has 0 spiro atoms. The lowest BCUT2D eigenvalue weighted by Crippen LogP contribution is -2.00. The summed E-state index contributed by atoms with van der Waals surface area (Å²) >= 11 is 0. The summed E-state index contributed by atoms with van der Waals surface area (Å²) in [6.07, 6.45) is 11.3. The molecule has 0 bridgehead atoms. The fourth-order valence-corrected chi connectivity index (χ4v) is 2.97. The summed E-state index contributed by atoms with van der Waals surface area (Å²) in [5.74, 6) is 0. The highest BCUT2D eigenvalue weighted by Gasteiger charge is 2.06. The van der Waals surface area contributed by atoms with E-state index in [-0.39, 0.29) is 0 Å². The van der Waals surface area contributed by atoms with Crippen LogP contribution in [0.4, 0.5) is 0 Å². The van der Waals surface area contributed by atoms with E-state index < -0.39 is 0 Å². The fraction of sp³-hybridized carbons (Fsp3) is 0.412. The van der Waals surface area contributed by atoms with Crippen molar-refractivity contribution in [1.29, 1.82) is 0 Å². The summed E-state index contributed by atoms with van der Waals surface area (Å²) in [4.78, 5) is 0. The van der Waals surface area contributed by atoms with Crippen molar-refractivity contribution in [2.75, 3.05) is 0 Å². The largest absolute Gasteiger partial charge is 0.347 e. The lowest BCUT2D eigenvalue weighted by molar-refractivity contribution is 0.635. The predicted octanol–water partition coefficient (Wildman–Crippen LogP) is 4.84. The Kier molecular flexibility index (Phi) is 3.22. The van der Waals surface area contributed by atoms with Crippen LogP contribution in [-0.2, 0) is 6.54 Å². The first-order valence-electron chi connectivity index (χ1n) is 7.07. The number of hydrogen-bond acceptors (Lipinski definition) is 0. The van der Waals surface area contributed by atoms with E-state index in [2.05, 4.69) is 48.0 Å². The normalized spacial score (nSPS) is 15.9. The maximum atomic E-state index is 2.46. The lowest BCUT2D eigenvalue weighted by atomic mass is 9.97. The van der Waals surface area contributed by atoms with Crippen LogP contribution >= 0.6 is 0 Å². The van der Waals surface area contributed by atoms with Crippen molar-refractivity contribution < 1.29 is 0 Å². The van der Waals surface area contributed by atoms with Gasteiger partial charge in [-0.15, -0.1) is 0 Å². The zero-order valence-electron chi connectivity index (χ0n) is 11.2. The van der Waals surface area contributed by atoms with Crippen LogP contribution in [0.25, 0.3) is 10.9 Å². The average molecular weight is 239 g/mol. The minimum Gasteiger partial charge on any atom is -0.347 e. The second-order valence-corrected chi connectivity index (χ2v) is 5.37. The average Bonchev–Trinajstić information content (AvgIpc) is 2.82. The van der Waals surface area contributed by atoms with E-state index in [0.29, 0.717) is 0 Å². The van der Waals surface area contributed by atoms with Gasteiger partial charge in [-0.1, -0.05) is 23.8 Å². The van der Waals surface area contributed by atoms with Crippen LogP contribution in [0.2, 0.25) is 0 Å². The summed E-state index contributed by atoms with van der Waals surface area (Å²) in [7, 11) is 0. The Balaban J connectivity index is 1.78. The molecule has 0 aliphatic heterocycles. The molecule has 0 amide bonds. The zero-order chi connectivity index (χ0) is 12.4. The van der Waals surface area contributed by atoms with Crippen molar-refractivity contribution >= 4 is 10.9 Å². The summed E-state index contributed by atoms with van der Waals surface area (Å²) < 4.78 is 2.40. The topological polar surface area (TPSA) is 4.93 Å². The molecule has 1 aliphatic carbocycles. The SMILES string of the molecule is Cc1cccc2c1ccn2CCC1=CCCCC1. The first-order chi connectivity index (χ1) is 8.84. The Hall–Kier alpha value is -1.50. The molecule has 0 atom stereocenters. The van der Waals surface area contributed by atoms with Crippen LogP contribution < -0.4 is 0 Å². The lowest BCUT2D eigenvalue weighted by Gasteiger charge is -2.13. The number of benzene rings is 1. The molecule has 0 unspecified atom stereocenters. The summed E-state index contributed by atoms with van der Waals surface area (Å²) in [5.41, 5.74) is 4.42. The molecular formula is C17H21N. The van der Waals surface area contributed by atoms with Gasteiger partial charge in [-0.25, -0.2) is 0 Å². The molecule has 18 heavy (non-hydrogen) atoms. The molecule has 0 radical (unpaired) electrons. The number of aromatic nitrogens is 1. The van der Waals surface area contributed by atoms with Gasteiger partial charge in [0.2, 0.25) is 0 Å². The smallest absolute Gasteiger partial charge is 0.0483 e. The van der Waals surface area contributed by atoms with Gasteiger partial charge in [-0.3, -0.25) is 0 Å². The number of aryl methyl sites for hydroxylation is 2. The van der Waals surface area contributed by atoms with Crippen LogP contribution in [0.15, 0.2) is 42.1 Å². The van der Waals surface area contributed by atoms with Crippen molar-refractivity contribution in [1.82, 2.24) is 4.57 Å². The number of fused-ring (bicyclic) bond motifs is 1. The van der Waals surface area contributed by atoms with Crippen LogP contribution in [-0.4, -0.2) is 4.57 Å². The van der Waals surface area contributed by atoms with E-state index in [1.807, 2.05) is 0 Å². The zero-order valence-corrected chi connectivity index (χ0v) is 11.2. The molecule has 1 nitrogen and oxygen atoms in total. The number of rotatable bonds is 3. The van der Waals surface area contributed by atoms with E-state index in [0.717, 1.165) is 6.54 Å². The Labute approximate surface area is 109 Å². The van der Waals surface area contributed by atoms with Crippen molar-refractivity contribution in [3.8, 4) is 0 Å². The Morgan fingerprint density at radius 1 is 1.17 bits per heavy atom. The second-order valence-electron chi connectivity index (χ2n) is 5.37. The van der Waals surface area contributed by atoms with Crippen molar-refractivity contribution in [2.24, 2.45) is 0 Å². The van der Waals surface area contributed by atoms with Gasteiger partial charge in [0.05, 0.1) is 0 Å². The summed E-state index contributed by atoms with van der Waals surface area (Å²) in [6, 6.07) is 8.84. The highest BCUT2D eigenvalue weighted by atomic mass is 14.9. The third kappa shape index (κ3) is 2.22. The maximum Gasteiger partial charge on any atom is 0.0483 e. The third-order valence-electron chi connectivity index (χ3n) is 4.09. The molecule has 1 aliphatic rings. The van der Waals surface area contributed by atoms with E-state index >= 15 is 0 Å². The number of allylic oxidation sites excluding steroid dienone is 2. The first kappa shape index (κ1) is 11.6. The van der Waals surface area contributed by atoms with Crippen molar-refractivity contribution in [3.05, 3.63) is 47.7 Å². The van der Waals surface area contributed by atoms with E-state index in [9.17, 15) is 0 Å². The summed E-state index contributed by atoms with van der Waals surface area (Å²) in [6.45, 7) is 3.31. The molecule has 0 saturated heterocycles. The molecule has 0 N–H and O–H groups in total. The second kappa shape index (κ2) is 5.01. The third-order valence-corrected chi connectivity index (χ3v) is 4.09. The van der Waals surface area contributed by atoms with Crippen molar-refractivity contribution in [2.45, 2.75) is 45.6 Å². The van der Waals surface area contributed by atoms with Gasteiger partial charge in [0.1, 0.15) is 0 Å². The standard InChI is InChI=1S/C17H21N/c1-14-6-5-9-17-16(14)11-13-18(17)12-10-15-7-3-2-4-8-15/h5-7,9,11,13H,2-4,8,10,12H2,1H3. The fourth-order valence-electron chi connectivity index (χ4n) is 2.97. The van der Waals surface area contributed by atoms with Gasteiger partial charge >= 0.3 is 0 Å². The van der Waals surface area contributed by atoms with Gasteiger partial charge < -0.3 is 4.57 Å². The summed E-state index contributed by atoms with van der Waals surface area (Å²) in [5, 5.41) is 1.40. The first-order valence-corrected chi connectivity index (χ1v) is 7.07. The molecule has 1 aromatic heterocycles. The molecular weight excluding hydrogens is 218 g/mol. The Bertz CT molecular complexity index is 574. The number of nitrogens with zero attached hydrogens (tertiary/aromatic N) is 1. The van der Waals surface area contributed by atoms with E-state index in [1.165, 1.54) is 48.6 Å². The Morgan fingerprint density at radius 3 is 2.94 bits per heavy atom. The molecule has 1 aromatic carbocycles. The van der Waals surface area contributed by atoms with Crippen molar-refractivity contribution in [3.63, 3.8) is 0 Å². The minimum atomic E-state index is 1.12. The molecule has 0 fully saturated rings. The highest BCUT2D eigenvalue weighted by Crippen LogP contribution is 2.23. The predicted molar refractivity (Wildman–Crippen MR) is 77.8 cm³/mol. The molecule has 3 rings (SSSR count). The Morgan fingerprint density at radius 2 is 2.11 bits per heavy atom. The van der Waals surface area contributed by atoms with Gasteiger partial charge in [0, 0.05) is 23.6 Å². The van der Waals surface area contributed by atoms with Gasteiger partial charge in [0.25, 0.3) is 0 Å². The van der Waals surface area contributed by atoms with E-state index in [4.69, 9.17) is 0 Å². The number of hydrogen-bond donors (Lipinski definition) is 0. The van der Waals surface area contributed by atoms with Gasteiger partial charge in [0.15, 0.2) is 0 Å². The molecule has 1 heteroatoms. The van der Waals surface area contributed by atoms with Gasteiger partial charge in [-0.2, -0.15) is 0 Å². The quantitative estimate of drug-likeness (QED) is 0.675. The van der Waals surface area contributed by atoms with E-state index in [1.54, 1.807) is 5.57 Å². The van der Waals surface area contributed by atoms with Crippen LogP contribution in [0.5, 0.6) is 0 Å². The monoisotopic (exact) mass is 239 g/mol. The molecule has 2 aromatic rings. The molecule has 0 saturated carbocycles. The van der Waals surface area contributed by atoms with Gasteiger partial charge in [-0.05, 0) is 56.7 Å². The van der Waals surface area contributed by atoms with Crippen LogP contribution in [0.1, 0.15) is 37.7 Å². The molecule has 94 valence electrons.